The molecule has 0 unspecified atom stereocenters. The molecule has 0 aliphatic heterocycles. The first-order chi connectivity index (χ1) is 11.4. The number of nitrogens with zero attached hydrogens (tertiary/aromatic N) is 4. The summed E-state index contributed by atoms with van der Waals surface area (Å²) in [7, 11) is 3.49. The molecule has 8 heteroatoms. The molecule has 0 amide bonds. The minimum Gasteiger partial charge on any atom is -0.476 e. The second-order valence-electron chi connectivity index (χ2n) is 5.80. The summed E-state index contributed by atoms with van der Waals surface area (Å²) in [6.07, 6.45) is 7.60. The lowest BCUT2D eigenvalue weighted by atomic mass is 10.2. The number of aryl methyl sites for hydroxylation is 2. The zero-order valence-corrected chi connectivity index (χ0v) is 14.1. The maximum atomic E-state index is 11.0. The summed E-state index contributed by atoms with van der Waals surface area (Å²) in [6.45, 7) is 1.56. The largest absolute Gasteiger partial charge is 0.476 e. The van der Waals surface area contributed by atoms with Gasteiger partial charge in [-0.3, -0.25) is 0 Å². The molecule has 0 saturated heterocycles. The van der Waals surface area contributed by atoms with Gasteiger partial charge in [-0.2, -0.15) is 0 Å². The van der Waals surface area contributed by atoms with E-state index in [0.717, 1.165) is 38.8 Å². The van der Waals surface area contributed by atoms with Crippen LogP contribution in [0.1, 0.15) is 46.7 Å². The highest BCUT2D eigenvalue weighted by molar-refractivity contribution is 5.85. The fraction of sp³-hybridized carbons (Fsp3) is 0.500. The monoisotopic (exact) mass is 336 g/mol. The van der Waals surface area contributed by atoms with Crippen LogP contribution in [0, 0.1) is 0 Å². The van der Waals surface area contributed by atoms with Crippen molar-refractivity contribution < 1.29 is 29.2 Å². The highest BCUT2D eigenvalue weighted by Gasteiger charge is 2.17. The summed E-state index contributed by atoms with van der Waals surface area (Å²) in [4.78, 5) is 22.0. The topological polar surface area (TPSA) is 92.2 Å². The Hall–Kier alpha value is -2.64. The summed E-state index contributed by atoms with van der Waals surface area (Å²) in [5.41, 5.74) is 0.564. The highest BCUT2D eigenvalue weighted by Crippen LogP contribution is 2.02. The molecule has 0 fully saturated rings. The van der Waals surface area contributed by atoms with Gasteiger partial charge in [0.05, 0.1) is 14.1 Å². The van der Waals surface area contributed by atoms with Gasteiger partial charge in [0.25, 0.3) is 0 Å². The average molecular weight is 336 g/mol. The van der Waals surface area contributed by atoms with Gasteiger partial charge >= 0.3 is 11.9 Å². The van der Waals surface area contributed by atoms with E-state index in [-0.39, 0.29) is 11.4 Å². The minimum absolute atomic E-state index is 0.282. The van der Waals surface area contributed by atoms with Crippen LogP contribution >= 0.6 is 0 Å². The normalized spacial score (nSPS) is 10.9. The third kappa shape index (κ3) is 4.01. The minimum atomic E-state index is -0.920. The number of carbonyl (C=O) groups is 2. The van der Waals surface area contributed by atoms with Crippen molar-refractivity contribution in [3.8, 4) is 0 Å². The van der Waals surface area contributed by atoms with Crippen molar-refractivity contribution in [3.63, 3.8) is 0 Å². The van der Waals surface area contributed by atoms with Crippen molar-refractivity contribution in [1.82, 2.24) is 9.36 Å². The lowest BCUT2D eigenvalue weighted by molar-refractivity contribution is -0.774. The van der Waals surface area contributed by atoms with E-state index >= 15 is 0 Å². The zero-order valence-electron chi connectivity index (χ0n) is 14.1. The lowest BCUT2D eigenvalue weighted by Crippen LogP contribution is -2.42. The van der Waals surface area contributed by atoms with E-state index in [1.807, 2.05) is 9.36 Å². The first-order valence-electron chi connectivity index (χ1n) is 7.99. The van der Waals surface area contributed by atoms with Gasteiger partial charge in [-0.15, -0.1) is 18.7 Å². The predicted octanol–water partition coefficient (Wildman–Crippen LogP) is 0.596. The van der Waals surface area contributed by atoms with Crippen LogP contribution in [-0.4, -0.2) is 31.5 Å². The van der Waals surface area contributed by atoms with Gasteiger partial charge in [-0.1, -0.05) is 0 Å². The Bertz CT molecular complexity index is 670. The molecule has 0 atom stereocenters. The van der Waals surface area contributed by atoms with E-state index in [1.165, 1.54) is 0 Å². The summed E-state index contributed by atoms with van der Waals surface area (Å²) in [6, 6.07) is 3.21. The zero-order chi connectivity index (χ0) is 17.7. The molecule has 2 heterocycles. The molecular weight excluding hydrogens is 312 g/mol. The number of rotatable bonds is 9. The van der Waals surface area contributed by atoms with Crippen molar-refractivity contribution in [3.05, 3.63) is 35.9 Å². The molecular formula is C16H24N4O4+2. The van der Waals surface area contributed by atoms with Crippen LogP contribution < -0.4 is 9.36 Å². The molecule has 0 aliphatic carbocycles. The third-order valence-electron chi connectivity index (χ3n) is 4.24. The molecule has 0 bridgehead atoms. The Kier molecular flexibility index (Phi) is 5.73. The number of carboxylic acid groups (broad SMARTS) is 2. The van der Waals surface area contributed by atoms with Crippen LogP contribution in [-0.2, 0) is 27.2 Å². The van der Waals surface area contributed by atoms with Gasteiger partial charge in [0, 0.05) is 25.0 Å². The van der Waals surface area contributed by atoms with Crippen LogP contribution in [0.4, 0.5) is 0 Å². The van der Waals surface area contributed by atoms with E-state index in [0.29, 0.717) is 0 Å². The standard InChI is InChI=1S/C16H22N4O4/c1-17-13(15(21)22)7-11-19(17)9-5-3-4-6-10-20-12-8-14(16(23)24)18(20)2/h7-8,11-12H,3-6,9-10H2,1-2H3/p+2. The van der Waals surface area contributed by atoms with E-state index in [1.54, 1.807) is 48.0 Å². The molecule has 0 spiro atoms. The van der Waals surface area contributed by atoms with Crippen molar-refractivity contribution in [2.24, 2.45) is 14.1 Å². The van der Waals surface area contributed by atoms with Gasteiger partial charge in [0.1, 0.15) is 0 Å². The van der Waals surface area contributed by atoms with Gasteiger partial charge < -0.3 is 10.2 Å². The molecule has 0 saturated carbocycles. The second kappa shape index (κ2) is 7.76. The van der Waals surface area contributed by atoms with E-state index in [2.05, 4.69) is 0 Å². The van der Waals surface area contributed by atoms with Crippen LogP contribution in [0.15, 0.2) is 24.5 Å². The summed E-state index contributed by atoms with van der Waals surface area (Å²) >= 11 is 0. The van der Waals surface area contributed by atoms with Crippen LogP contribution in [0.25, 0.3) is 0 Å². The van der Waals surface area contributed by atoms with E-state index in [9.17, 15) is 9.59 Å². The maximum Gasteiger partial charge on any atom is 0.358 e. The third-order valence-corrected chi connectivity index (χ3v) is 4.24. The Morgan fingerprint density at radius 2 is 1.21 bits per heavy atom. The van der Waals surface area contributed by atoms with Gasteiger partial charge in [0.2, 0.25) is 0 Å². The highest BCUT2D eigenvalue weighted by atomic mass is 16.4. The fourth-order valence-corrected chi connectivity index (χ4v) is 2.78. The number of carboxylic acids is 2. The molecule has 24 heavy (non-hydrogen) atoms. The Labute approximate surface area is 140 Å². The SMILES string of the molecule is Cn1c(C(=O)O)cc[n+]1CCCCCC[n+]1ccc(C(=O)O)n1C. The molecule has 2 rings (SSSR count). The number of aromatic carboxylic acids is 2. The Balaban J connectivity index is 1.71. The van der Waals surface area contributed by atoms with Crippen molar-refractivity contribution >= 4 is 11.9 Å². The second-order valence-corrected chi connectivity index (χ2v) is 5.80. The van der Waals surface area contributed by atoms with Gasteiger partial charge in [-0.25, -0.2) is 9.59 Å². The first-order valence-corrected chi connectivity index (χ1v) is 7.99. The van der Waals surface area contributed by atoms with Crippen LogP contribution in [0.5, 0.6) is 0 Å². The average Bonchev–Trinajstić information content (AvgIpc) is 3.06. The molecule has 8 nitrogen and oxygen atoms in total. The molecule has 0 aromatic carbocycles. The summed E-state index contributed by atoms with van der Waals surface area (Å²) in [5.74, 6) is -1.84. The first kappa shape index (κ1) is 17.7. The quantitative estimate of drug-likeness (QED) is 0.518. The number of aromatic nitrogens is 4. The predicted molar refractivity (Wildman–Crippen MR) is 83.6 cm³/mol. The van der Waals surface area contributed by atoms with Crippen LogP contribution in [0.2, 0.25) is 0 Å². The maximum absolute atomic E-state index is 11.0. The Morgan fingerprint density at radius 1 is 0.833 bits per heavy atom. The van der Waals surface area contributed by atoms with Crippen molar-refractivity contribution in [1.29, 1.82) is 0 Å². The summed E-state index contributed by atoms with van der Waals surface area (Å²) in [5, 5.41) is 18.0. The number of hydrogen-bond donors (Lipinski definition) is 2. The molecule has 2 aromatic rings. The molecule has 2 aromatic heterocycles. The lowest BCUT2D eigenvalue weighted by Gasteiger charge is -2.01. The van der Waals surface area contributed by atoms with Crippen LogP contribution in [0.3, 0.4) is 0 Å². The van der Waals surface area contributed by atoms with E-state index < -0.39 is 11.9 Å². The fourth-order valence-electron chi connectivity index (χ4n) is 2.78. The molecule has 2 N–H and O–H groups in total. The molecule has 0 aliphatic rings. The van der Waals surface area contributed by atoms with Gasteiger partial charge in [-0.05, 0) is 12.8 Å². The smallest absolute Gasteiger partial charge is 0.358 e. The van der Waals surface area contributed by atoms with E-state index in [4.69, 9.17) is 10.2 Å². The van der Waals surface area contributed by atoms with Gasteiger partial charge in [0.15, 0.2) is 36.9 Å². The van der Waals surface area contributed by atoms with Crippen molar-refractivity contribution in [2.45, 2.75) is 38.8 Å². The molecule has 0 radical (unpaired) electrons. The number of unbranched alkanes of at least 4 members (excludes halogenated alkanes) is 3. The Morgan fingerprint density at radius 3 is 1.50 bits per heavy atom. The summed E-state index contributed by atoms with van der Waals surface area (Å²) < 4.78 is 7.09. The van der Waals surface area contributed by atoms with Crippen molar-refractivity contribution in [2.75, 3.05) is 0 Å². The number of hydrogen-bond acceptors (Lipinski definition) is 2. The molecule has 130 valence electrons.